The summed E-state index contributed by atoms with van der Waals surface area (Å²) in [5.41, 5.74) is 6.45. The standard InChI is InChI=1S/C18H16ClN7O3/c1-28-12-4-2-3-5-13(12)29-15-14(17(20)27)24-18(25-16(15)19)10-6-7-22-11(8-10)9-23-26-21/h2-9,22H,1H3,(H2,20,27)(H2,21,23). The molecule has 0 fully saturated rings. The Kier molecular flexibility index (Phi) is 6.05. The van der Waals surface area contributed by atoms with Crippen molar-refractivity contribution in [1.29, 1.82) is 0 Å². The van der Waals surface area contributed by atoms with Crippen LogP contribution < -0.4 is 26.4 Å². The minimum atomic E-state index is -0.827. The zero-order chi connectivity index (χ0) is 20.8. The summed E-state index contributed by atoms with van der Waals surface area (Å²) in [6, 6.07) is 6.85. The number of benzene rings is 1. The Balaban J connectivity index is 2.05. The highest BCUT2D eigenvalue weighted by molar-refractivity contribution is 6.31. The van der Waals surface area contributed by atoms with Gasteiger partial charge in [-0.2, -0.15) is 0 Å². The maximum absolute atomic E-state index is 12.0. The van der Waals surface area contributed by atoms with Gasteiger partial charge < -0.3 is 26.4 Å². The van der Waals surface area contributed by atoms with Crippen molar-refractivity contribution in [2.75, 3.05) is 7.11 Å². The van der Waals surface area contributed by atoms with Gasteiger partial charge in [-0.15, -0.1) is 5.11 Å². The number of methoxy groups -OCH3 is 1. The topological polar surface area (TPSA) is 150 Å². The first-order valence-electron chi connectivity index (χ1n) is 8.17. The zero-order valence-electron chi connectivity index (χ0n) is 15.2. The fraction of sp³-hybridized carbons (Fsp3) is 0.0556. The molecule has 2 aromatic rings. The second-order valence-electron chi connectivity index (χ2n) is 5.53. The highest BCUT2D eigenvalue weighted by atomic mass is 35.5. The van der Waals surface area contributed by atoms with Crippen LogP contribution in [-0.4, -0.2) is 23.0 Å². The molecule has 11 heteroatoms. The number of nitrogens with zero attached hydrogens (tertiary/aromatic N) is 4. The number of hydrogen-bond donors (Lipinski definition) is 3. The van der Waals surface area contributed by atoms with Gasteiger partial charge in [-0.25, -0.2) is 9.97 Å². The van der Waals surface area contributed by atoms with E-state index in [0.29, 0.717) is 22.8 Å². The summed E-state index contributed by atoms with van der Waals surface area (Å²) in [6.07, 6.45) is 6.40. The monoisotopic (exact) mass is 413 g/mol. The van der Waals surface area contributed by atoms with Crippen LogP contribution in [0, 0.1) is 0 Å². The van der Waals surface area contributed by atoms with Gasteiger partial charge in [0, 0.05) is 11.8 Å². The number of para-hydroxylation sites is 2. The van der Waals surface area contributed by atoms with Gasteiger partial charge in [0.05, 0.1) is 19.0 Å². The molecule has 10 nitrogen and oxygen atoms in total. The lowest BCUT2D eigenvalue weighted by atomic mass is 10.1. The minimum absolute atomic E-state index is 0.0707. The summed E-state index contributed by atoms with van der Waals surface area (Å²) >= 11 is 6.31. The number of hydrogen-bond acceptors (Lipinski definition) is 8. The average Bonchev–Trinajstić information content (AvgIpc) is 2.73. The number of amides is 1. The molecule has 1 aliphatic rings. The second-order valence-corrected chi connectivity index (χ2v) is 5.88. The molecule has 148 valence electrons. The van der Waals surface area contributed by atoms with Crippen molar-refractivity contribution in [2.24, 2.45) is 21.9 Å². The summed E-state index contributed by atoms with van der Waals surface area (Å²) < 4.78 is 11.0. The van der Waals surface area contributed by atoms with Crippen molar-refractivity contribution in [3.8, 4) is 17.2 Å². The number of dihydropyridines is 1. The Morgan fingerprint density at radius 1 is 1.28 bits per heavy atom. The largest absolute Gasteiger partial charge is 0.493 e. The summed E-state index contributed by atoms with van der Waals surface area (Å²) in [6.45, 7) is 0. The maximum atomic E-state index is 12.0. The molecule has 3 rings (SSSR count). The number of halogens is 1. The third kappa shape index (κ3) is 4.50. The lowest BCUT2D eigenvalue weighted by molar-refractivity contribution is 0.0992. The Morgan fingerprint density at radius 2 is 2.03 bits per heavy atom. The number of carbonyl (C=O) groups excluding carboxylic acids is 1. The summed E-state index contributed by atoms with van der Waals surface area (Å²) in [5, 5.41) is 9.60. The first-order chi connectivity index (χ1) is 14.0. The summed E-state index contributed by atoms with van der Waals surface area (Å²) in [4.78, 5) is 20.5. The van der Waals surface area contributed by atoms with Crippen LogP contribution in [0.5, 0.6) is 17.2 Å². The van der Waals surface area contributed by atoms with E-state index in [2.05, 4.69) is 25.6 Å². The van der Waals surface area contributed by atoms with Crippen LogP contribution in [-0.2, 0) is 0 Å². The number of aromatic nitrogens is 2. The minimum Gasteiger partial charge on any atom is -0.493 e. The van der Waals surface area contributed by atoms with Gasteiger partial charge in [0.1, 0.15) is 0 Å². The molecule has 1 aromatic carbocycles. The van der Waals surface area contributed by atoms with E-state index >= 15 is 0 Å². The number of ether oxygens (including phenoxy) is 2. The molecule has 2 heterocycles. The number of rotatable bonds is 6. The lowest BCUT2D eigenvalue weighted by Crippen LogP contribution is -2.17. The molecule has 0 radical (unpaired) electrons. The van der Waals surface area contributed by atoms with Gasteiger partial charge in [0.15, 0.2) is 33.9 Å². The van der Waals surface area contributed by atoms with Gasteiger partial charge in [-0.1, -0.05) is 29.0 Å². The molecule has 1 aromatic heterocycles. The Bertz CT molecular complexity index is 1060. The third-order valence-electron chi connectivity index (χ3n) is 3.68. The predicted molar refractivity (Wildman–Crippen MR) is 106 cm³/mol. The van der Waals surface area contributed by atoms with Crippen molar-refractivity contribution in [3.63, 3.8) is 0 Å². The Hall–Kier alpha value is -3.92. The van der Waals surface area contributed by atoms with E-state index in [1.807, 2.05) is 0 Å². The second kappa shape index (κ2) is 8.85. The van der Waals surface area contributed by atoms with E-state index < -0.39 is 5.91 Å². The van der Waals surface area contributed by atoms with Crippen molar-refractivity contribution in [2.45, 2.75) is 0 Å². The number of nitrogens with two attached hydrogens (primary N) is 2. The van der Waals surface area contributed by atoms with Crippen molar-refractivity contribution in [3.05, 3.63) is 71.2 Å². The SMILES string of the molecule is COc1ccccc1Oc1c(Cl)nc(C2=CC(=CN=NN)NC=C2)nc1C(N)=O. The molecule has 0 atom stereocenters. The van der Waals surface area contributed by atoms with Gasteiger partial charge in [-0.3, -0.25) is 4.79 Å². The molecule has 0 aliphatic carbocycles. The van der Waals surface area contributed by atoms with E-state index in [1.54, 1.807) is 42.6 Å². The fourth-order valence-corrected chi connectivity index (χ4v) is 2.63. The smallest absolute Gasteiger partial charge is 0.271 e. The molecule has 0 saturated heterocycles. The number of nitrogens with one attached hydrogen (secondary N) is 1. The van der Waals surface area contributed by atoms with Crippen LogP contribution in [0.1, 0.15) is 16.3 Å². The van der Waals surface area contributed by atoms with Crippen molar-refractivity contribution < 1.29 is 14.3 Å². The van der Waals surface area contributed by atoms with Crippen molar-refractivity contribution >= 4 is 23.1 Å². The van der Waals surface area contributed by atoms with E-state index in [1.165, 1.54) is 13.3 Å². The van der Waals surface area contributed by atoms with Crippen LogP contribution >= 0.6 is 11.6 Å². The Labute approximate surface area is 170 Å². The van der Waals surface area contributed by atoms with Gasteiger partial charge in [0.25, 0.3) is 5.91 Å². The van der Waals surface area contributed by atoms with Crippen LogP contribution in [0.3, 0.4) is 0 Å². The molecule has 0 bridgehead atoms. The molecule has 1 amide bonds. The van der Waals surface area contributed by atoms with Gasteiger partial charge >= 0.3 is 0 Å². The van der Waals surface area contributed by atoms with Crippen LogP contribution in [0.25, 0.3) is 5.57 Å². The average molecular weight is 414 g/mol. The van der Waals surface area contributed by atoms with Gasteiger partial charge in [-0.05, 0) is 24.3 Å². The first-order valence-corrected chi connectivity index (χ1v) is 8.55. The molecular formula is C18H16ClN7O3. The number of primary amides is 1. The molecule has 0 saturated carbocycles. The Morgan fingerprint density at radius 3 is 2.72 bits per heavy atom. The molecule has 0 spiro atoms. The lowest BCUT2D eigenvalue weighted by Gasteiger charge is -2.15. The molecule has 5 N–H and O–H groups in total. The van der Waals surface area contributed by atoms with E-state index in [-0.39, 0.29) is 22.4 Å². The number of allylic oxidation sites excluding steroid dienone is 3. The first kappa shape index (κ1) is 19.8. The predicted octanol–water partition coefficient (Wildman–Crippen LogP) is 2.70. The van der Waals surface area contributed by atoms with E-state index in [0.717, 1.165) is 0 Å². The maximum Gasteiger partial charge on any atom is 0.271 e. The van der Waals surface area contributed by atoms with E-state index in [4.69, 9.17) is 32.7 Å². The summed E-state index contributed by atoms with van der Waals surface area (Å²) in [7, 11) is 1.49. The van der Waals surface area contributed by atoms with Gasteiger partial charge in [0.2, 0.25) is 0 Å². The fourth-order valence-electron chi connectivity index (χ4n) is 2.42. The van der Waals surface area contributed by atoms with Crippen molar-refractivity contribution in [1.82, 2.24) is 15.3 Å². The molecular weight excluding hydrogens is 398 g/mol. The molecule has 29 heavy (non-hydrogen) atoms. The van der Waals surface area contributed by atoms with Crippen LogP contribution in [0.15, 0.2) is 64.9 Å². The van der Waals surface area contributed by atoms with E-state index in [9.17, 15) is 4.79 Å². The zero-order valence-corrected chi connectivity index (χ0v) is 15.9. The third-order valence-corrected chi connectivity index (χ3v) is 3.94. The van der Waals surface area contributed by atoms with Crippen LogP contribution in [0.2, 0.25) is 5.15 Å². The normalized spacial score (nSPS) is 14.6. The van der Waals surface area contributed by atoms with Crippen LogP contribution in [0.4, 0.5) is 0 Å². The molecule has 1 aliphatic heterocycles. The number of carbonyl (C=O) groups is 1. The quantitative estimate of drug-likeness (QED) is 0.285. The highest BCUT2D eigenvalue weighted by Crippen LogP contribution is 2.36. The summed E-state index contributed by atoms with van der Waals surface area (Å²) in [5.74, 6) is 5.04. The highest BCUT2D eigenvalue weighted by Gasteiger charge is 2.22. The molecule has 0 unspecified atom stereocenters.